The van der Waals surface area contributed by atoms with Crippen molar-refractivity contribution in [3.05, 3.63) is 0 Å². The number of urea groups is 1. The van der Waals surface area contributed by atoms with Gasteiger partial charge in [-0.1, -0.05) is 0 Å². The van der Waals surface area contributed by atoms with Crippen LogP contribution in [0.1, 0.15) is 12.8 Å². The fraction of sp³-hybridized carbons (Fsp3) is 0.750. The molecule has 0 radical (unpaired) electrons. The van der Waals surface area contributed by atoms with Gasteiger partial charge in [-0.05, 0) is 12.8 Å². The minimum Gasteiger partial charge on any atom is -0.479 e. The van der Waals surface area contributed by atoms with E-state index in [9.17, 15) is 14.4 Å². The summed E-state index contributed by atoms with van der Waals surface area (Å²) in [6.45, 7) is 0.693. The second kappa shape index (κ2) is 7.09. The molecule has 1 rings (SSSR count). The lowest BCUT2D eigenvalue weighted by molar-refractivity contribution is -0.146. The van der Waals surface area contributed by atoms with Gasteiger partial charge < -0.3 is 25.3 Å². The van der Waals surface area contributed by atoms with Crippen LogP contribution in [0.15, 0.2) is 0 Å². The monoisotopic (exact) mass is 287 g/mol. The van der Waals surface area contributed by atoms with Crippen LogP contribution in [0.2, 0.25) is 0 Å². The lowest BCUT2D eigenvalue weighted by Gasteiger charge is -2.33. The Balaban J connectivity index is 2.36. The number of aliphatic hydroxyl groups excluding tert-OH is 1. The first-order chi connectivity index (χ1) is 9.32. The van der Waals surface area contributed by atoms with Gasteiger partial charge in [-0.15, -0.1) is 0 Å². The van der Waals surface area contributed by atoms with Gasteiger partial charge in [-0.3, -0.25) is 4.79 Å². The van der Waals surface area contributed by atoms with Gasteiger partial charge in [-0.25, -0.2) is 9.59 Å². The van der Waals surface area contributed by atoms with Crippen LogP contribution in [0.25, 0.3) is 0 Å². The van der Waals surface area contributed by atoms with Crippen LogP contribution >= 0.6 is 0 Å². The molecule has 0 aromatic carbocycles. The molecule has 0 bridgehead atoms. The van der Waals surface area contributed by atoms with Crippen molar-refractivity contribution in [2.75, 3.05) is 33.7 Å². The van der Waals surface area contributed by atoms with Crippen LogP contribution in [-0.4, -0.2) is 77.8 Å². The predicted molar refractivity (Wildman–Crippen MR) is 70.0 cm³/mol. The Morgan fingerprint density at radius 3 is 2.30 bits per heavy atom. The molecule has 0 aliphatic carbocycles. The summed E-state index contributed by atoms with van der Waals surface area (Å²) < 4.78 is 0. The molecule has 0 saturated carbocycles. The number of carbonyl (C=O) groups is 3. The summed E-state index contributed by atoms with van der Waals surface area (Å²) in [7, 11) is 3.35. The highest BCUT2D eigenvalue weighted by Crippen LogP contribution is 2.18. The average Bonchev–Trinajstić information content (AvgIpc) is 2.43. The maximum Gasteiger partial charge on any atom is 0.334 e. The smallest absolute Gasteiger partial charge is 0.334 e. The Morgan fingerprint density at radius 2 is 1.85 bits per heavy atom. The molecule has 8 heteroatoms. The van der Waals surface area contributed by atoms with Gasteiger partial charge in [0.25, 0.3) is 0 Å². The van der Waals surface area contributed by atoms with E-state index in [1.165, 1.54) is 4.90 Å². The Hall–Kier alpha value is -1.83. The first kappa shape index (κ1) is 16.2. The molecule has 3 N–H and O–H groups in total. The Bertz CT molecular complexity index is 377. The SMILES string of the molecule is CN(C)C(=O)N1CCC(C(=O)NC[C@H](O)C(=O)O)CC1. The maximum absolute atomic E-state index is 11.8. The van der Waals surface area contributed by atoms with E-state index in [0.29, 0.717) is 25.9 Å². The molecular formula is C12H21N3O5. The standard InChI is InChI=1S/C12H21N3O5/c1-14(2)12(20)15-5-3-8(4-6-15)10(17)13-7-9(16)11(18)19/h8-9,16H,3-7H2,1-2H3,(H,13,17)(H,18,19)/t9-/m0/s1. The molecule has 1 aliphatic heterocycles. The normalized spacial score (nSPS) is 17.4. The molecule has 0 spiro atoms. The molecule has 0 unspecified atom stereocenters. The number of carbonyl (C=O) groups excluding carboxylic acids is 2. The van der Waals surface area contributed by atoms with Gasteiger partial charge in [-0.2, -0.15) is 0 Å². The van der Waals surface area contributed by atoms with Crippen molar-refractivity contribution in [3.63, 3.8) is 0 Å². The molecule has 1 atom stereocenters. The quantitative estimate of drug-likeness (QED) is 0.610. The van der Waals surface area contributed by atoms with Gasteiger partial charge in [0.1, 0.15) is 0 Å². The minimum atomic E-state index is -1.59. The van der Waals surface area contributed by atoms with Crippen molar-refractivity contribution in [2.24, 2.45) is 5.92 Å². The molecule has 1 heterocycles. The van der Waals surface area contributed by atoms with Crippen molar-refractivity contribution in [2.45, 2.75) is 18.9 Å². The number of nitrogens with one attached hydrogen (secondary N) is 1. The van der Waals surface area contributed by atoms with E-state index in [0.717, 1.165) is 0 Å². The van der Waals surface area contributed by atoms with Crippen LogP contribution in [0, 0.1) is 5.92 Å². The highest BCUT2D eigenvalue weighted by atomic mass is 16.4. The molecule has 114 valence electrons. The van der Waals surface area contributed by atoms with Gasteiger partial charge >= 0.3 is 12.0 Å². The van der Waals surface area contributed by atoms with Crippen molar-refractivity contribution >= 4 is 17.9 Å². The second-order valence-corrected chi connectivity index (χ2v) is 5.04. The van der Waals surface area contributed by atoms with E-state index in [1.54, 1.807) is 19.0 Å². The molecule has 0 aromatic rings. The largest absolute Gasteiger partial charge is 0.479 e. The fourth-order valence-electron chi connectivity index (χ4n) is 2.04. The highest BCUT2D eigenvalue weighted by Gasteiger charge is 2.28. The number of nitrogens with zero attached hydrogens (tertiary/aromatic N) is 2. The van der Waals surface area contributed by atoms with Crippen molar-refractivity contribution < 1.29 is 24.6 Å². The molecule has 1 aliphatic rings. The molecule has 1 saturated heterocycles. The van der Waals surface area contributed by atoms with E-state index in [-0.39, 0.29) is 24.4 Å². The third kappa shape index (κ3) is 4.37. The summed E-state index contributed by atoms with van der Waals surface area (Å²) >= 11 is 0. The zero-order valence-electron chi connectivity index (χ0n) is 11.7. The fourth-order valence-corrected chi connectivity index (χ4v) is 2.04. The summed E-state index contributed by atoms with van der Waals surface area (Å²) in [5.41, 5.74) is 0. The van der Waals surface area contributed by atoms with Crippen molar-refractivity contribution in [3.8, 4) is 0 Å². The second-order valence-electron chi connectivity index (χ2n) is 5.04. The van der Waals surface area contributed by atoms with Gasteiger partial charge in [0.2, 0.25) is 5.91 Å². The number of aliphatic carboxylic acids is 1. The maximum atomic E-state index is 11.8. The lowest BCUT2D eigenvalue weighted by atomic mass is 9.96. The number of aliphatic hydroxyl groups is 1. The molecule has 20 heavy (non-hydrogen) atoms. The Morgan fingerprint density at radius 1 is 1.30 bits per heavy atom. The van der Waals surface area contributed by atoms with Crippen molar-refractivity contribution in [1.82, 2.24) is 15.1 Å². The van der Waals surface area contributed by atoms with Crippen LogP contribution < -0.4 is 5.32 Å². The highest BCUT2D eigenvalue weighted by molar-refractivity contribution is 5.80. The van der Waals surface area contributed by atoms with Gasteiger partial charge in [0, 0.05) is 33.1 Å². The summed E-state index contributed by atoms with van der Waals surface area (Å²) in [6, 6.07) is -0.0786. The summed E-state index contributed by atoms with van der Waals surface area (Å²) in [6.07, 6.45) is -0.516. The van der Waals surface area contributed by atoms with E-state index in [1.807, 2.05) is 0 Å². The summed E-state index contributed by atoms with van der Waals surface area (Å²) in [5, 5.41) is 20.0. The van der Waals surface area contributed by atoms with Gasteiger partial charge in [0.15, 0.2) is 6.10 Å². The van der Waals surface area contributed by atoms with E-state index >= 15 is 0 Å². The third-order valence-corrected chi connectivity index (χ3v) is 3.27. The number of hydrogen-bond acceptors (Lipinski definition) is 4. The number of rotatable bonds is 4. The molecule has 3 amide bonds. The number of carboxylic acids is 1. The zero-order valence-corrected chi connectivity index (χ0v) is 11.7. The third-order valence-electron chi connectivity index (χ3n) is 3.27. The number of amides is 3. The van der Waals surface area contributed by atoms with Crippen molar-refractivity contribution in [1.29, 1.82) is 0 Å². The number of likely N-dealkylation sites (tertiary alicyclic amines) is 1. The van der Waals surface area contributed by atoms with Gasteiger partial charge in [0.05, 0.1) is 6.54 Å². The van der Waals surface area contributed by atoms with E-state index in [2.05, 4.69) is 5.32 Å². The van der Waals surface area contributed by atoms with E-state index < -0.39 is 12.1 Å². The summed E-state index contributed by atoms with van der Waals surface area (Å²) in [5.74, 6) is -1.89. The lowest BCUT2D eigenvalue weighted by Crippen LogP contribution is -2.47. The van der Waals surface area contributed by atoms with Crippen LogP contribution in [0.4, 0.5) is 4.79 Å². The van der Waals surface area contributed by atoms with Crippen LogP contribution in [0.3, 0.4) is 0 Å². The summed E-state index contributed by atoms with van der Waals surface area (Å²) in [4.78, 5) is 37.1. The van der Waals surface area contributed by atoms with Crippen LogP contribution in [0.5, 0.6) is 0 Å². The first-order valence-electron chi connectivity index (χ1n) is 6.47. The molecule has 8 nitrogen and oxygen atoms in total. The molecular weight excluding hydrogens is 266 g/mol. The number of hydrogen-bond donors (Lipinski definition) is 3. The predicted octanol–water partition coefficient (Wildman–Crippen LogP) is -1.06. The Labute approximate surface area is 117 Å². The van der Waals surface area contributed by atoms with E-state index in [4.69, 9.17) is 10.2 Å². The molecule has 0 aromatic heterocycles. The first-order valence-corrected chi connectivity index (χ1v) is 6.47. The van der Waals surface area contributed by atoms with Crippen LogP contribution in [-0.2, 0) is 9.59 Å². The minimum absolute atomic E-state index is 0.0786. The number of piperidine rings is 1. The average molecular weight is 287 g/mol. The zero-order chi connectivity index (χ0) is 15.3. The number of carboxylic acid groups (broad SMARTS) is 1. The topological polar surface area (TPSA) is 110 Å². The molecule has 1 fully saturated rings. The Kier molecular flexibility index (Phi) is 5.75.